The van der Waals surface area contributed by atoms with Gasteiger partial charge < -0.3 is 0 Å². The Labute approximate surface area is 60.4 Å². The second kappa shape index (κ2) is 4.20. The van der Waals surface area contributed by atoms with E-state index in [1.54, 1.807) is 25.7 Å². The van der Waals surface area contributed by atoms with Crippen LogP contribution in [0.4, 0.5) is 0 Å². The van der Waals surface area contributed by atoms with Crippen molar-refractivity contribution in [1.82, 2.24) is 0 Å². The van der Waals surface area contributed by atoms with Crippen molar-refractivity contribution >= 4 is 0 Å². The van der Waals surface area contributed by atoms with Crippen LogP contribution in [0, 0.1) is 0 Å². The summed E-state index contributed by atoms with van der Waals surface area (Å²) in [5.41, 5.74) is 0. The zero-order valence-electron chi connectivity index (χ0n) is 6.01. The van der Waals surface area contributed by atoms with Crippen LogP contribution >= 0.6 is 0 Å². The molecule has 0 atom stereocenters. The Morgan fingerprint density at radius 3 is 1.44 bits per heavy atom. The van der Waals surface area contributed by atoms with Crippen LogP contribution in [0.3, 0.4) is 0 Å². The topological polar surface area (TPSA) is 27.7 Å². The van der Waals surface area contributed by atoms with Crippen LogP contribution in [0.25, 0.3) is 0 Å². The molecule has 0 fully saturated rings. The SMILES string of the molecule is C=[CH][Ti]([O]C)([O]C)[O]C. The molecule has 3 nitrogen and oxygen atoms in total. The fraction of sp³-hybridized carbons (Fsp3) is 0.600. The fourth-order valence-electron chi connectivity index (χ4n) is 0.500. The van der Waals surface area contributed by atoms with Crippen LogP contribution < -0.4 is 0 Å². The molecule has 54 valence electrons. The van der Waals surface area contributed by atoms with Gasteiger partial charge in [0, 0.05) is 0 Å². The third-order valence-electron chi connectivity index (χ3n) is 1.10. The minimum atomic E-state index is -2.90. The average molecular weight is 168 g/mol. The molecule has 0 aromatic rings. The van der Waals surface area contributed by atoms with Crippen molar-refractivity contribution in [2.75, 3.05) is 21.3 Å². The molecule has 0 amide bonds. The summed E-state index contributed by atoms with van der Waals surface area (Å²) in [4.78, 5) is 0. The van der Waals surface area contributed by atoms with Gasteiger partial charge in [-0.3, -0.25) is 0 Å². The molecular formula is C5H12O3Ti. The van der Waals surface area contributed by atoms with Crippen molar-refractivity contribution in [3.05, 3.63) is 11.0 Å². The van der Waals surface area contributed by atoms with Gasteiger partial charge in [-0.15, -0.1) is 0 Å². The first kappa shape index (κ1) is 9.33. The summed E-state index contributed by atoms with van der Waals surface area (Å²) in [5.74, 6) is 0. The summed E-state index contributed by atoms with van der Waals surface area (Å²) >= 11 is -2.90. The molecule has 0 heterocycles. The second-order valence-corrected chi connectivity index (χ2v) is 5.86. The Morgan fingerprint density at radius 2 is 1.44 bits per heavy atom. The first-order valence-electron chi connectivity index (χ1n) is 2.53. The van der Waals surface area contributed by atoms with Crippen LogP contribution in [0.1, 0.15) is 0 Å². The summed E-state index contributed by atoms with van der Waals surface area (Å²) < 4.78 is 16.7. The maximum absolute atomic E-state index is 5.01. The summed E-state index contributed by atoms with van der Waals surface area (Å²) in [6, 6.07) is 0. The molecule has 0 aromatic carbocycles. The standard InChI is InChI=1S/C2H3.3CH3O.Ti/c4*1-2;/h1H,2H2;3*1H3;/q;3*-1;+3. The predicted octanol–water partition coefficient (Wildman–Crippen LogP) is 0.968. The molecule has 0 aromatic heterocycles. The third-order valence-corrected chi connectivity index (χ3v) is 4.55. The molecule has 0 N–H and O–H groups in total. The van der Waals surface area contributed by atoms with Crippen molar-refractivity contribution in [2.24, 2.45) is 0 Å². The predicted molar refractivity (Wildman–Crippen MR) is 31.2 cm³/mol. The molecule has 0 rings (SSSR count). The fourth-order valence-corrected chi connectivity index (χ4v) is 2.06. The normalized spacial score (nSPS) is 11.4. The number of hydrogen-bond donors (Lipinski definition) is 0. The van der Waals surface area contributed by atoms with Crippen molar-refractivity contribution in [1.29, 1.82) is 0 Å². The van der Waals surface area contributed by atoms with Crippen molar-refractivity contribution in [3.8, 4) is 0 Å². The first-order chi connectivity index (χ1) is 4.24. The van der Waals surface area contributed by atoms with E-state index in [1.165, 1.54) is 0 Å². The first-order valence-corrected chi connectivity index (χ1v) is 5.35. The summed E-state index contributed by atoms with van der Waals surface area (Å²) in [6.07, 6.45) is 0. The summed E-state index contributed by atoms with van der Waals surface area (Å²) in [7, 11) is 4.69. The maximum atomic E-state index is 5.01. The van der Waals surface area contributed by atoms with Gasteiger partial charge in [-0.25, -0.2) is 0 Å². The van der Waals surface area contributed by atoms with Gasteiger partial charge in [0.2, 0.25) is 0 Å². The van der Waals surface area contributed by atoms with Crippen LogP contribution in [-0.2, 0) is 27.7 Å². The van der Waals surface area contributed by atoms with Gasteiger partial charge in [-0.2, -0.15) is 0 Å². The Balaban J connectivity index is 3.98. The molecule has 0 aliphatic carbocycles. The molecule has 4 heteroatoms. The zero-order valence-corrected chi connectivity index (χ0v) is 7.57. The summed E-state index contributed by atoms with van der Waals surface area (Å²) in [5, 5.41) is 0. The molecule has 0 saturated carbocycles. The Hall–Kier alpha value is 0.334. The quantitative estimate of drug-likeness (QED) is 0.585. The third kappa shape index (κ3) is 2.20. The Kier molecular flexibility index (Phi) is 4.35. The van der Waals surface area contributed by atoms with Crippen LogP contribution in [0.5, 0.6) is 0 Å². The van der Waals surface area contributed by atoms with Gasteiger partial charge in [0.05, 0.1) is 0 Å². The summed E-state index contributed by atoms with van der Waals surface area (Å²) in [6.45, 7) is 3.55. The molecule has 0 aliphatic heterocycles. The van der Waals surface area contributed by atoms with Crippen molar-refractivity contribution < 1.29 is 27.7 Å². The van der Waals surface area contributed by atoms with E-state index in [0.29, 0.717) is 0 Å². The van der Waals surface area contributed by atoms with Gasteiger partial charge in [0.25, 0.3) is 0 Å². The molecule has 0 bridgehead atoms. The molecule has 9 heavy (non-hydrogen) atoms. The van der Waals surface area contributed by atoms with E-state index in [9.17, 15) is 0 Å². The van der Waals surface area contributed by atoms with E-state index in [4.69, 9.17) is 9.96 Å². The molecule has 0 aliphatic rings. The Morgan fingerprint density at radius 1 is 1.11 bits per heavy atom. The van der Waals surface area contributed by atoms with Gasteiger partial charge in [0.15, 0.2) is 0 Å². The van der Waals surface area contributed by atoms with Gasteiger partial charge in [-0.1, -0.05) is 0 Å². The monoisotopic (exact) mass is 168 g/mol. The molecule has 0 spiro atoms. The van der Waals surface area contributed by atoms with Crippen molar-refractivity contribution in [2.45, 2.75) is 0 Å². The molecule has 0 radical (unpaired) electrons. The van der Waals surface area contributed by atoms with Gasteiger partial charge >= 0.3 is 60.0 Å². The van der Waals surface area contributed by atoms with E-state index < -0.39 is 17.8 Å². The number of hydrogen-bond acceptors (Lipinski definition) is 3. The van der Waals surface area contributed by atoms with Crippen LogP contribution in [-0.4, -0.2) is 21.3 Å². The van der Waals surface area contributed by atoms with Crippen LogP contribution in [0.2, 0.25) is 0 Å². The molecule has 0 saturated heterocycles. The molecular weight excluding hydrogens is 156 g/mol. The van der Waals surface area contributed by atoms with Gasteiger partial charge in [0.1, 0.15) is 0 Å². The molecule has 0 unspecified atom stereocenters. The van der Waals surface area contributed by atoms with E-state index in [1.807, 2.05) is 0 Å². The van der Waals surface area contributed by atoms with E-state index in [0.717, 1.165) is 0 Å². The zero-order chi connectivity index (χ0) is 7.33. The second-order valence-electron chi connectivity index (χ2n) is 1.42. The van der Waals surface area contributed by atoms with Crippen LogP contribution in [0.15, 0.2) is 11.0 Å². The van der Waals surface area contributed by atoms with E-state index in [-0.39, 0.29) is 0 Å². The minimum absolute atomic E-state index is 1.56. The Bertz CT molecular complexity index is 81.9. The van der Waals surface area contributed by atoms with E-state index in [2.05, 4.69) is 6.58 Å². The number of rotatable bonds is 4. The van der Waals surface area contributed by atoms with Crippen molar-refractivity contribution in [3.63, 3.8) is 0 Å². The average Bonchev–Trinajstić information content (AvgIpc) is 1.95. The van der Waals surface area contributed by atoms with Gasteiger partial charge in [-0.05, 0) is 0 Å². The van der Waals surface area contributed by atoms with E-state index >= 15 is 0 Å².